The van der Waals surface area contributed by atoms with Crippen LogP contribution in [0, 0.1) is 6.92 Å². The van der Waals surface area contributed by atoms with Crippen LogP contribution < -0.4 is 4.74 Å². The molecule has 0 radical (unpaired) electrons. The third-order valence-electron chi connectivity index (χ3n) is 3.23. The molecule has 0 aliphatic rings. The van der Waals surface area contributed by atoms with Gasteiger partial charge in [-0.25, -0.2) is 4.79 Å². The number of aromatic nitrogens is 3. The van der Waals surface area contributed by atoms with Crippen LogP contribution in [0.5, 0.6) is 5.75 Å². The minimum Gasteiger partial charge on any atom is -0.482 e. The fourth-order valence-corrected chi connectivity index (χ4v) is 2.08. The number of pyridine rings is 1. The summed E-state index contributed by atoms with van der Waals surface area (Å²) in [6.45, 7) is 1.49. The predicted octanol–water partition coefficient (Wildman–Crippen LogP) is 3.22. The van der Waals surface area contributed by atoms with Gasteiger partial charge in [-0.05, 0) is 42.8 Å². The number of halogens is 1. The van der Waals surface area contributed by atoms with E-state index in [0.29, 0.717) is 22.2 Å². The number of nitrogens with zero attached hydrogens (tertiary/aromatic N) is 3. The van der Waals surface area contributed by atoms with E-state index >= 15 is 0 Å². The fraction of sp³-hybridized carbons (Fsp3) is 0.176. The Morgan fingerprint density at radius 1 is 1.32 bits per heavy atom. The standard InChI is InChI=1S/C17H14ClN3O4/c1-11-7-13(4-5-14(11)18)23-10-16(22)24-9-15-20-17(21-25-15)12-3-2-6-19-8-12/h2-8H,9-10H2,1H3. The summed E-state index contributed by atoms with van der Waals surface area (Å²) >= 11 is 5.93. The molecule has 0 unspecified atom stereocenters. The number of aryl methyl sites for hydroxylation is 1. The Balaban J connectivity index is 1.49. The molecule has 0 atom stereocenters. The molecule has 2 heterocycles. The van der Waals surface area contributed by atoms with Crippen molar-refractivity contribution < 1.29 is 18.8 Å². The number of hydrogen-bond acceptors (Lipinski definition) is 7. The van der Waals surface area contributed by atoms with Crippen LogP contribution in [-0.4, -0.2) is 27.7 Å². The second-order valence-corrected chi connectivity index (χ2v) is 5.52. The largest absolute Gasteiger partial charge is 0.482 e. The predicted molar refractivity (Wildman–Crippen MR) is 89.0 cm³/mol. The van der Waals surface area contributed by atoms with E-state index in [0.717, 1.165) is 5.56 Å². The Morgan fingerprint density at radius 3 is 2.96 bits per heavy atom. The number of rotatable bonds is 6. The Morgan fingerprint density at radius 2 is 2.20 bits per heavy atom. The first kappa shape index (κ1) is 16.9. The van der Waals surface area contributed by atoms with Gasteiger partial charge in [0, 0.05) is 23.0 Å². The lowest BCUT2D eigenvalue weighted by Crippen LogP contribution is -2.14. The number of carbonyl (C=O) groups excluding carboxylic acids is 1. The summed E-state index contributed by atoms with van der Waals surface area (Å²) in [6, 6.07) is 8.70. The van der Waals surface area contributed by atoms with Gasteiger partial charge in [-0.3, -0.25) is 4.98 Å². The van der Waals surface area contributed by atoms with Crippen LogP contribution in [-0.2, 0) is 16.1 Å². The van der Waals surface area contributed by atoms with Crippen molar-refractivity contribution >= 4 is 17.6 Å². The lowest BCUT2D eigenvalue weighted by atomic mass is 10.2. The molecule has 7 nitrogen and oxygen atoms in total. The van der Waals surface area contributed by atoms with Crippen molar-refractivity contribution in [2.75, 3.05) is 6.61 Å². The second kappa shape index (κ2) is 7.76. The van der Waals surface area contributed by atoms with Crippen molar-refractivity contribution in [3.63, 3.8) is 0 Å². The average Bonchev–Trinajstić information content (AvgIpc) is 3.11. The van der Waals surface area contributed by atoms with Crippen molar-refractivity contribution in [1.82, 2.24) is 15.1 Å². The zero-order chi connectivity index (χ0) is 17.6. The van der Waals surface area contributed by atoms with Gasteiger partial charge in [0.2, 0.25) is 5.82 Å². The molecule has 3 rings (SSSR count). The molecule has 0 aliphatic carbocycles. The maximum absolute atomic E-state index is 11.7. The van der Waals surface area contributed by atoms with E-state index < -0.39 is 5.97 Å². The first-order valence-corrected chi connectivity index (χ1v) is 7.77. The molecule has 8 heteroatoms. The van der Waals surface area contributed by atoms with Gasteiger partial charge in [-0.15, -0.1) is 0 Å². The maximum Gasteiger partial charge on any atom is 0.344 e. The minimum atomic E-state index is -0.547. The maximum atomic E-state index is 11.7. The van der Waals surface area contributed by atoms with Crippen molar-refractivity contribution in [3.05, 3.63) is 59.2 Å². The van der Waals surface area contributed by atoms with Crippen LogP contribution in [0.2, 0.25) is 5.02 Å². The lowest BCUT2D eigenvalue weighted by Gasteiger charge is -2.07. The highest BCUT2D eigenvalue weighted by atomic mass is 35.5. The molecule has 0 spiro atoms. The fourth-order valence-electron chi connectivity index (χ4n) is 1.96. The van der Waals surface area contributed by atoms with E-state index in [2.05, 4.69) is 15.1 Å². The highest BCUT2D eigenvalue weighted by Crippen LogP contribution is 2.21. The van der Waals surface area contributed by atoms with E-state index in [1.807, 2.05) is 6.92 Å². The third kappa shape index (κ3) is 4.54. The molecule has 0 bridgehead atoms. The normalized spacial score (nSPS) is 10.5. The summed E-state index contributed by atoms with van der Waals surface area (Å²) in [6.07, 6.45) is 3.26. The van der Waals surface area contributed by atoms with E-state index in [-0.39, 0.29) is 19.1 Å². The summed E-state index contributed by atoms with van der Waals surface area (Å²) in [5.74, 6) is 0.561. The summed E-state index contributed by atoms with van der Waals surface area (Å²) < 4.78 is 15.4. The van der Waals surface area contributed by atoms with E-state index in [4.69, 9.17) is 25.6 Å². The highest BCUT2D eigenvalue weighted by Gasteiger charge is 2.12. The summed E-state index contributed by atoms with van der Waals surface area (Å²) in [4.78, 5) is 19.9. The van der Waals surface area contributed by atoms with Gasteiger partial charge in [0.15, 0.2) is 13.2 Å². The zero-order valence-electron chi connectivity index (χ0n) is 13.3. The van der Waals surface area contributed by atoms with Crippen LogP contribution in [0.1, 0.15) is 11.5 Å². The number of ether oxygens (including phenoxy) is 2. The molecule has 0 amide bonds. The van der Waals surface area contributed by atoms with Gasteiger partial charge in [-0.1, -0.05) is 16.8 Å². The van der Waals surface area contributed by atoms with Gasteiger partial charge >= 0.3 is 5.97 Å². The molecule has 2 aromatic heterocycles. The SMILES string of the molecule is Cc1cc(OCC(=O)OCc2nc(-c3cccnc3)no2)ccc1Cl. The van der Waals surface area contributed by atoms with Crippen LogP contribution in [0.15, 0.2) is 47.2 Å². The zero-order valence-corrected chi connectivity index (χ0v) is 14.1. The van der Waals surface area contributed by atoms with Gasteiger partial charge in [0.05, 0.1) is 0 Å². The van der Waals surface area contributed by atoms with Crippen molar-refractivity contribution in [3.8, 4) is 17.1 Å². The molecule has 0 N–H and O–H groups in total. The average molecular weight is 360 g/mol. The van der Waals surface area contributed by atoms with E-state index in [1.54, 1.807) is 42.7 Å². The topological polar surface area (TPSA) is 87.3 Å². The Labute approximate surface area is 148 Å². The second-order valence-electron chi connectivity index (χ2n) is 5.11. The molecular weight excluding hydrogens is 346 g/mol. The quantitative estimate of drug-likeness (QED) is 0.624. The van der Waals surface area contributed by atoms with Crippen molar-refractivity contribution in [1.29, 1.82) is 0 Å². The van der Waals surface area contributed by atoms with Crippen LogP contribution in [0.3, 0.4) is 0 Å². The van der Waals surface area contributed by atoms with Gasteiger partial charge in [-0.2, -0.15) is 4.98 Å². The molecule has 0 saturated carbocycles. The molecule has 25 heavy (non-hydrogen) atoms. The molecule has 0 fully saturated rings. The summed E-state index contributed by atoms with van der Waals surface area (Å²) in [5, 5.41) is 4.45. The number of carbonyl (C=O) groups is 1. The van der Waals surface area contributed by atoms with Gasteiger partial charge in [0.1, 0.15) is 5.75 Å². The van der Waals surface area contributed by atoms with Crippen molar-refractivity contribution in [2.24, 2.45) is 0 Å². The van der Waals surface area contributed by atoms with E-state index in [1.165, 1.54) is 0 Å². The molecule has 0 saturated heterocycles. The lowest BCUT2D eigenvalue weighted by molar-refractivity contribution is -0.148. The molecule has 0 aliphatic heterocycles. The Hall–Kier alpha value is -2.93. The molecule has 3 aromatic rings. The smallest absolute Gasteiger partial charge is 0.344 e. The van der Waals surface area contributed by atoms with Crippen LogP contribution in [0.25, 0.3) is 11.4 Å². The van der Waals surface area contributed by atoms with Crippen molar-refractivity contribution in [2.45, 2.75) is 13.5 Å². The van der Waals surface area contributed by atoms with E-state index in [9.17, 15) is 4.79 Å². The molecular formula is C17H14ClN3O4. The Kier molecular flexibility index (Phi) is 5.25. The highest BCUT2D eigenvalue weighted by molar-refractivity contribution is 6.31. The number of benzene rings is 1. The molecule has 128 valence electrons. The summed E-state index contributed by atoms with van der Waals surface area (Å²) in [7, 11) is 0. The van der Waals surface area contributed by atoms with Crippen LogP contribution in [0.4, 0.5) is 0 Å². The first-order chi connectivity index (χ1) is 12.1. The first-order valence-electron chi connectivity index (χ1n) is 7.39. The Bertz CT molecular complexity index is 867. The summed E-state index contributed by atoms with van der Waals surface area (Å²) in [5.41, 5.74) is 1.58. The minimum absolute atomic E-state index is 0.130. The monoisotopic (exact) mass is 359 g/mol. The number of esters is 1. The van der Waals surface area contributed by atoms with Gasteiger partial charge in [0.25, 0.3) is 5.89 Å². The van der Waals surface area contributed by atoms with Gasteiger partial charge < -0.3 is 14.0 Å². The molecule has 1 aromatic carbocycles. The number of hydrogen-bond donors (Lipinski definition) is 0. The third-order valence-corrected chi connectivity index (χ3v) is 3.65. The van der Waals surface area contributed by atoms with Crippen LogP contribution >= 0.6 is 11.6 Å².